The normalized spacial score (nSPS) is 16.6. The van der Waals surface area contributed by atoms with Crippen LogP contribution in [-0.2, 0) is 30.5 Å². The van der Waals surface area contributed by atoms with Gasteiger partial charge in [-0.05, 0) is 54.5 Å². The van der Waals surface area contributed by atoms with Crippen LogP contribution in [0, 0.1) is 0 Å². The lowest BCUT2D eigenvalue weighted by molar-refractivity contribution is -0.152. The summed E-state index contributed by atoms with van der Waals surface area (Å²) in [5.41, 5.74) is 5.38. The lowest BCUT2D eigenvalue weighted by Gasteiger charge is -2.28. The Balaban J connectivity index is 1.26. The zero-order valence-electron chi connectivity index (χ0n) is 25.8. The van der Waals surface area contributed by atoms with Crippen molar-refractivity contribution in [1.29, 1.82) is 0 Å². The number of amides is 3. The van der Waals surface area contributed by atoms with E-state index in [-0.39, 0.29) is 55.2 Å². The number of esters is 1. The smallest absolute Gasteiger partial charge is 0.306 e. The second kappa shape index (κ2) is 17.9. The fourth-order valence-corrected chi connectivity index (χ4v) is 4.88. The van der Waals surface area contributed by atoms with Crippen LogP contribution in [0.15, 0.2) is 96.1 Å². The van der Waals surface area contributed by atoms with Crippen LogP contribution >= 0.6 is 0 Å². The van der Waals surface area contributed by atoms with Crippen LogP contribution in [0.25, 0.3) is 0 Å². The first-order valence-electron chi connectivity index (χ1n) is 15.5. The quantitative estimate of drug-likeness (QED) is 0.0617. The molecule has 1 aliphatic rings. The summed E-state index contributed by atoms with van der Waals surface area (Å²) in [6, 6.07) is 23.5. The molecule has 10 heteroatoms. The molecule has 1 heterocycles. The zero-order valence-corrected chi connectivity index (χ0v) is 25.8. The molecule has 0 spiro atoms. The van der Waals surface area contributed by atoms with Crippen molar-refractivity contribution in [2.24, 2.45) is 5.10 Å². The molecule has 46 heavy (non-hydrogen) atoms. The molecule has 0 saturated heterocycles. The van der Waals surface area contributed by atoms with Crippen molar-refractivity contribution >= 4 is 35.6 Å². The Kier molecular flexibility index (Phi) is 13.1. The van der Waals surface area contributed by atoms with Crippen LogP contribution in [0.5, 0.6) is 5.75 Å². The fraction of sp³-hybridized carbons (Fsp3) is 0.306. The molecule has 0 aliphatic carbocycles. The standard InChI is InChI=1S/C36H40N4O6/c41-31-15-9-8-14-30(31)38-33(42)16-10-11-17-34(43)39-37-24-27-20-22-28(23-21-27)25-40-26-32(29-12-4-3-5-13-29)46-36(45)19-7-2-1-6-18-35(40)44/h1-5,8-9,12-15,20-24,32,41H,6-7,10-11,16-19,25-26H2,(H,38,42)(H,39,43)/b2-1+,37-24+/t32-/m1/s1. The average Bonchev–Trinajstić information content (AvgIpc) is 3.05. The first kappa shape index (κ1) is 33.6. The van der Waals surface area contributed by atoms with E-state index in [4.69, 9.17) is 4.74 Å². The fourth-order valence-electron chi connectivity index (χ4n) is 4.88. The highest BCUT2D eigenvalue weighted by molar-refractivity contribution is 5.92. The summed E-state index contributed by atoms with van der Waals surface area (Å²) in [7, 11) is 0. The molecule has 3 aromatic rings. The molecule has 1 atom stereocenters. The van der Waals surface area contributed by atoms with Crippen LogP contribution in [0.2, 0.25) is 0 Å². The van der Waals surface area contributed by atoms with Gasteiger partial charge in [-0.1, -0.05) is 78.9 Å². The van der Waals surface area contributed by atoms with Gasteiger partial charge < -0.3 is 20.1 Å². The van der Waals surface area contributed by atoms with Gasteiger partial charge in [0.25, 0.3) is 0 Å². The Morgan fingerprint density at radius 1 is 0.870 bits per heavy atom. The molecule has 0 fully saturated rings. The summed E-state index contributed by atoms with van der Waals surface area (Å²) in [6.45, 7) is 0.594. The van der Waals surface area contributed by atoms with Gasteiger partial charge in [-0.3, -0.25) is 19.2 Å². The van der Waals surface area contributed by atoms with Crippen molar-refractivity contribution in [3.8, 4) is 5.75 Å². The van der Waals surface area contributed by atoms with Crippen molar-refractivity contribution in [2.75, 3.05) is 11.9 Å². The van der Waals surface area contributed by atoms with E-state index in [1.165, 1.54) is 6.07 Å². The third-order valence-corrected chi connectivity index (χ3v) is 7.38. The van der Waals surface area contributed by atoms with Crippen molar-refractivity contribution in [2.45, 2.75) is 64.0 Å². The number of anilines is 1. The first-order chi connectivity index (χ1) is 22.4. The second-order valence-corrected chi connectivity index (χ2v) is 11.0. The first-order valence-corrected chi connectivity index (χ1v) is 15.5. The summed E-state index contributed by atoms with van der Waals surface area (Å²) in [5, 5.41) is 16.4. The van der Waals surface area contributed by atoms with Gasteiger partial charge in [-0.25, -0.2) is 5.43 Å². The summed E-state index contributed by atoms with van der Waals surface area (Å²) in [4.78, 5) is 51.8. The minimum Gasteiger partial charge on any atom is -0.506 e. The lowest BCUT2D eigenvalue weighted by atomic mass is 10.1. The van der Waals surface area contributed by atoms with Crippen LogP contribution in [0.4, 0.5) is 5.69 Å². The van der Waals surface area contributed by atoms with E-state index < -0.39 is 6.10 Å². The van der Waals surface area contributed by atoms with Gasteiger partial charge in [0.2, 0.25) is 17.7 Å². The largest absolute Gasteiger partial charge is 0.506 e. The number of cyclic esters (lactones) is 1. The molecule has 3 N–H and O–H groups in total. The Labute approximate surface area is 269 Å². The van der Waals surface area contributed by atoms with Gasteiger partial charge in [0.05, 0.1) is 18.4 Å². The van der Waals surface area contributed by atoms with Crippen molar-refractivity contribution in [3.05, 3.63) is 108 Å². The summed E-state index contributed by atoms with van der Waals surface area (Å²) in [5.74, 6) is -0.800. The summed E-state index contributed by atoms with van der Waals surface area (Å²) >= 11 is 0. The molecule has 10 nitrogen and oxygen atoms in total. The number of carbonyl (C=O) groups is 4. The summed E-state index contributed by atoms with van der Waals surface area (Å²) in [6.07, 6.45) is 8.15. The molecule has 1 aliphatic heterocycles. The van der Waals surface area contributed by atoms with E-state index in [1.807, 2.05) is 66.7 Å². The van der Waals surface area contributed by atoms with Crippen LogP contribution in [-0.4, -0.2) is 46.5 Å². The molecule has 4 rings (SSSR count). The van der Waals surface area contributed by atoms with Gasteiger partial charge >= 0.3 is 5.97 Å². The third kappa shape index (κ3) is 11.4. The number of nitrogens with one attached hydrogen (secondary N) is 2. The maximum absolute atomic E-state index is 13.2. The van der Waals surface area contributed by atoms with Crippen LogP contribution in [0.3, 0.4) is 0 Å². The number of rotatable bonds is 11. The number of allylic oxidation sites excluding steroid dienone is 2. The number of para-hydroxylation sites is 2. The number of hydrogen-bond donors (Lipinski definition) is 3. The molecule has 0 unspecified atom stereocenters. The number of unbranched alkanes of at least 4 members (excludes halogenated alkanes) is 1. The molecule has 0 radical (unpaired) electrons. The molecule has 0 saturated carbocycles. The van der Waals surface area contributed by atoms with Gasteiger partial charge in [0.15, 0.2) is 0 Å². The minimum absolute atomic E-state index is 0.00524. The van der Waals surface area contributed by atoms with Gasteiger partial charge in [-0.2, -0.15) is 5.10 Å². The van der Waals surface area contributed by atoms with E-state index in [0.29, 0.717) is 44.3 Å². The predicted octanol–water partition coefficient (Wildman–Crippen LogP) is 5.78. The number of hydrogen-bond acceptors (Lipinski definition) is 7. The Hall–Kier alpha value is -5.25. The number of hydrazone groups is 1. The molecule has 0 aromatic heterocycles. The van der Waals surface area contributed by atoms with Gasteiger partial charge in [-0.15, -0.1) is 0 Å². The second-order valence-electron chi connectivity index (χ2n) is 11.0. The number of benzene rings is 3. The number of aromatic hydroxyl groups is 1. The highest BCUT2D eigenvalue weighted by Crippen LogP contribution is 2.23. The lowest BCUT2D eigenvalue weighted by Crippen LogP contribution is -2.35. The van der Waals surface area contributed by atoms with E-state index in [2.05, 4.69) is 15.8 Å². The molecule has 3 amide bonds. The number of phenols is 1. The number of nitrogens with zero attached hydrogens (tertiary/aromatic N) is 2. The Morgan fingerprint density at radius 3 is 2.28 bits per heavy atom. The predicted molar refractivity (Wildman–Crippen MR) is 176 cm³/mol. The van der Waals surface area contributed by atoms with Crippen molar-refractivity contribution in [3.63, 3.8) is 0 Å². The molecular formula is C36H40N4O6. The number of ether oxygens (including phenoxy) is 1. The van der Waals surface area contributed by atoms with E-state index in [0.717, 1.165) is 16.7 Å². The molecular weight excluding hydrogens is 584 g/mol. The summed E-state index contributed by atoms with van der Waals surface area (Å²) < 4.78 is 5.83. The highest BCUT2D eigenvalue weighted by atomic mass is 16.5. The Morgan fingerprint density at radius 2 is 1.54 bits per heavy atom. The monoisotopic (exact) mass is 624 g/mol. The van der Waals surface area contributed by atoms with Crippen molar-refractivity contribution in [1.82, 2.24) is 10.3 Å². The molecule has 0 bridgehead atoms. The van der Waals surface area contributed by atoms with Crippen LogP contribution in [0.1, 0.15) is 74.2 Å². The van der Waals surface area contributed by atoms with Gasteiger partial charge in [0.1, 0.15) is 11.9 Å². The van der Waals surface area contributed by atoms with Gasteiger partial charge in [0, 0.05) is 32.2 Å². The van der Waals surface area contributed by atoms with Crippen molar-refractivity contribution < 1.29 is 29.0 Å². The SMILES string of the molecule is O=C(CCCCC(=O)Nc1ccccc1O)N/N=C/c1ccc(CN2C[C@H](c3ccccc3)OC(=O)CC/C=C/CCC2=O)cc1. The zero-order chi connectivity index (χ0) is 32.6. The topological polar surface area (TPSA) is 137 Å². The molecule has 240 valence electrons. The van der Waals surface area contributed by atoms with E-state index >= 15 is 0 Å². The van der Waals surface area contributed by atoms with E-state index in [9.17, 15) is 24.3 Å². The van der Waals surface area contributed by atoms with Crippen LogP contribution < -0.4 is 10.7 Å². The Bertz CT molecular complexity index is 1520. The van der Waals surface area contributed by atoms with E-state index in [1.54, 1.807) is 29.3 Å². The maximum atomic E-state index is 13.2. The third-order valence-electron chi connectivity index (χ3n) is 7.38. The highest BCUT2D eigenvalue weighted by Gasteiger charge is 2.24. The average molecular weight is 625 g/mol. The number of phenolic OH excluding ortho intramolecular Hbond substituents is 1. The minimum atomic E-state index is -0.572. The number of carbonyl (C=O) groups excluding carboxylic acids is 4. The maximum Gasteiger partial charge on any atom is 0.306 e. The molecule has 3 aromatic carbocycles.